The molecule has 0 saturated carbocycles. The number of carboxylic acids is 3. The van der Waals surface area contributed by atoms with Crippen LogP contribution >= 0.6 is 0 Å². The van der Waals surface area contributed by atoms with Crippen LogP contribution in [0.1, 0.15) is 25.3 Å². The average Bonchev–Trinajstić information content (AvgIpc) is 3.78. The number of halogens is 12. The molecule has 56 heavy (non-hydrogen) atoms. The molecule has 1 saturated heterocycles. The lowest BCUT2D eigenvalue weighted by Gasteiger charge is -2.34. The summed E-state index contributed by atoms with van der Waals surface area (Å²) >= 11 is 0. The molecule has 0 amide bonds. The van der Waals surface area contributed by atoms with Gasteiger partial charge in [-0.15, -0.1) is 0 Å². The maximum atomic E-state index is 13.5. The van der Waals surface area contributed by atoms with E-state index in [1.807, 2.05) is 18.5 Å². The lowest BCUT2D eigenvalue weighted by molar-refractivity contribution is -0.193. The van der Waals surface area contributed by atoms with Crippen LogP contribution in [0.2, 0.25) is 0 Å². The van der Waals surface area contributed by atoms with Gasteiger partial charge in [0.1, 0.15) is 23.8 Å². The van der Waals surface area contributed by atoms with Crippen LogP contribution in [-0.2, 0) is 14.4 Å². The second-order valence-corrected chi connectivity index (χ2v) is 10.9. The van der Waals surface area contributed by atoms with Gasteiger partial charge in [-0.3, -0.25) is 4.68 Å². The van der Waals surface area contributed by atoms with Gasteiger partial charge in [-0.25, -0.2) is 37.5 Å². The summed E-state index contributed by atoms with van der Waals surface area (Å²) in [5, 5.41) is 36.2. The molecule has 0 bridgehead atoms. The monoisotopic (exact) mass is 823 g/mol. The number of carbonyl (C=O) groups is 3. The SMILES string of the molecule is N#CCC(CN1CCC(Oc2cc(F)c(F)c(F)c2)CC1)n1cc(-c2ncnc3[nH]ccc23)cn1.O=C(O)C(F)(F)F.O=C(O)C(F)(F)F.O=C(O)C(F)(F)F. The summed E-state index contributed by atoms with van der Waals surface area (Å²) in [5.74, 6) is -12.3. The molecule has 1 aromatic carbocycles. The molecule has 4 heterocycles. The Morgan fingerprint density at radius 2 is 1.39 bits per heavy atom. The number of aromatic nitrogens is 5. The van der Waals surface area contributed by atoms with Gasteiger partial charge in [-0.2, -0.15) is 49.9 Å². The number of aromatic amines is 1. The van der Waals surface area contributed by atoms with Gasteiger partial charge < -0.3 is 29.9 Å². The number of hydrogen-bond acceptors (Lipinski definition) is 9. The molecule has 4 aromatic rings. The summed E-state index contributed by atoms with van der Waals surface area (Å²) in [6, 6.07) is 5.72. The lowest BCUT2D eigenvalue weighted by atomic mass is 10.1. The first-order valence-electron chi connectivity index (χ1n) is 15.0. The minimum absolute atomic E-state index is 0.0208. The predicted molar refractivity (Wildman–Crippen MR) is 162 cm³/mol. The molecule has 1 fully saturated rings. The molecule has 306 valence electrons. The average molecular weight is 824 g/mol. The summed E-state index contributed by atoms with van der Waals surface area (Å²) in [5.41, 5.74) is 2.35. The maximum absolute atomic E-state index is 13.5. The zero-order valence-electron chi connectivity index (χ0n) is 27.6. The highest BCUT2D eigenvalue weighted by Crippen LogP contribution is 2.27. The van der Waals surface area contributed by atoms with Crippen LogP contribution in [0.25, 0.3) is 22.3 Å². The molecule has 4 N–H and O–H groups in total. The van der Waals surface area contributed by atoms with Gasteiger partial charge in [0.15, 0.2) is 17.5 Å². The molecular formula is C30H25F12N7O7. The van der Waals surface area contributed by atoms with Gasteiger partial charge in [0.2, 0.25) is 0 Å². The number of nitrogens with zero attached hydrogens (tertiary/aromatic N) is 6. The Bertz CT molecular complexity index is 1900. The number of fused-ring (bicyclic) bond motifs is 1. The van der Waals surface area contributed by atoms with E-state index in [9.17, 15) is 57.9 Å². The Balaban J connectivity index is 0.000000423. The first kappa shape index (κ1) is 46.0. The van der Waals surface area contributed by atoms with Crippen LogP contribution in [0, 0.1) is 28.8 Å². The van der Waals surface area contributed by atoms with E-state index in [-0.39, 0.29) is 24.3 Å². The third-order valence-electron chi connectivity index (χ3n) is 6.92. The Hall–Kier alpha value is -6.13. The number of rotatable bonds is 7. The number of carboxylic acid groups (broad SMARTS) is 3. The van der Waals surface area contributed by atoms with Crippen molar-refractivity contribution in [2.24, 2.45) is 0 Å². The normalized spacial score (nSPS) is 14.1. The van der Waals surface area contributed by atoms with Crippen LogP contribution in [0.5, 0.6) is 5.75 Å². The maximum Gasteiger partial charge on any atom is 0.490 e. The van der Waals surface area contributed by atoms with Crippen LogP contribution in [-0.4, -0.2) is 107 Å². The highest BCUT2D eigenvalue weighted by molar-refractivity contribution is 5.90. The van der Waals surface area contributed by atoms with Gasteiger partial charge in [-0.1, -0.05) is 0 Å². The Kier molecular flexibility index (Phi) is 16.0. The number of ether oxygens (including phenoxy) is 1. The smallest absolute Gasteiger partial charge is 0.490 e. The molecule has 1 unspecified atom stereocenters. The number of aliphatic carboxylic acids is 3. The zero-order chi connectivity index (χ0) is 42.6. The summed E-state index contributed by atoms with van der Waals surface area (Å²) < 4.78 is 143. The molecule has 0 aliphatic carbocycles. The number of nitrogens with one attached hydrogen (secondary N) is 1. The summed E-state index contributed by atoms with van der Waals surface area (Å²) in [6.45, 7) is 1.98. The molecule has 1 aliphatic heterocycles. The second kappa shape index (κ2) is 19.5. The molecule has 0 radical (unpaired) electrons. The van der Waals surface area contributed by atoms with E-state index < -0.39 is 53.9 Å². The standard InChI is InChI=1S/C24H22F3N7O.3C2HF3O2/c25-20-9-18(10-21(26)22(20)27)35-17-3-7-33(8-4-17)13-16(1-5-28)34-12-15(11-32-34)23-19-2-6-29-24(19)31-14-30-23;3*3-2(4,5)1(6)7/h2,6,9-12,14,16-17H,1,3-4,7-8,13H2,(H,29,30,31);3*(H,6,7). The highest BCUT2D eigenvalue weighted by atomic mass is 19.4. The number of benzene rings is 1. The second-order valence-electron chi connectivity index (χ2n) is 10.9. The minimum atomic E-state index is -5.08. The third-order valence-corrected chi connectivity index (χ3v) is 6.92. The van der Waals surface area contributed by atoms with E-state index in [2.05, 4.69) is 31.0 Å². The van der Waals surface area contributed by atoms with Crippen molar-refractivity contribution in [3.05, 3.63) is 60.6 Å². The van der Waals surface area contributed by atoms with E-state index in [0.717, 1.165) is 34.4 Å². The van der Waals surface area contributed by atoms with Crippen molar-refractivity contribution in [2.45, 2.75) is 49.9 Å². The number of piperidine rings is 1. The van der Waals surface area contributed by atoms with E-state index in [0.29, 0.717) is 32.5 Å². The Morgan fingerprint density at radius 1 is 0.893 bits per heavy atom. The third kappa shape index (κ3) is 14.3. The fraction of sp³-hybridized carbons (Fsp3) is 0.367. The topological polar surface area (TPSA) is 208 Å². The highest BCUT2D eigenvalue weighted by Gasteiger charge is 2.39. The largest absolute Gasteiger partial charge is 0.490 e. The van der Waals surface area contributed by atoms with Crippen molar-refractivity contribution in [1.82, 2.24) is 29.6 Å². The van der Waals surface area contributed by atoms with Crippen molar-refractivity contribution in [1.29, 1.82) is 5.26 Å². The number of alkyl halides is 9. The zero-order valence-corrected chi connectivity index (χ0v) is 27.6. The molecule has 0 spiro atoms. The molecule has 1 atom stereocenters. The van der Waals surface area contributed by atoms with E-state index in [1.165, 1.54) is 6.33 Å². The number of hydrogen-bond donors (Lipinski definition) is 4. The molecule has 1 aliphatic rings. The molecular weight excluding hydrogens is 798 g/mol. The summed E-state index contributed by atoms with van der Waals surface area (Å²) in [6.07, 6.45) is -6.99. The quantitative estimate of drug-likeness (QED) is 0.123. The molecule has 14 nitrogen and oxygen atoms in total. The number of nitriles is 1. The minimum Gasteiger partial charge on any atom is -0.490 e. The summed E-state index contributed by atoms with van der Waals surface area (Å²) in [7, 11) is 0. The van der Waals surface area contributed by atoms with Gasteiger partial charge in [0, 0.05) is 55.1 Å². The van der Waals surface area contributed by atoms with Gasteiger partial charge in [0.25, 0.3) is 0 Å². The molecule has 5 rings (SSSR count). The fourth-order valence-corrected chi connectivity index (χ4v) is 4.41. The van der Waals surface area contributed by atoms with E-state index >= 15 is 0 Å². The van der Waals surface area contributed by atoms with Crippen molar-refractivity contribution < 1.29 is 87.1 Å². The van der Waals surface area contributed by atoms with Gasteiger partial charge in [0.05, 0.1) is 30.4 Å². The van der Waals surface area contributed by atoms with Crippen molar-refractivity contribution in [2.75, 3.05) is 19.6 Å². The van der Waals surface area contributed by atoms with Gasteiger partial charge >= 0.3 is 36.4 Å². The lowest BCUT2D eigenvalue weighted by Crippen LogP contribution is -2.41. The molecule has 3 aromatic heterocycles. The molecule has 26 heteroatoms. The Morgan fingerprint density at radius 3 is 1.86 bits per heavy atom. The van der Waals surface area contributed by atoms with Crippen molar-refractivity contribution in [3.63, 3.8) is 0 Å². The van der Waals surface area contributed by atoms with Crippen LogP contribution < -0.4 is 4.74 Å². The summed E-state index contributed by atoms with van der Waals surface area (Å²) in [4.78, 5) is 40.6. The Labute approximate surface area is 304 Å². The fourth-order valence-electron chi connectivity index (χ4n) is 4.41. The van der Waals surface area contributed by atoms with Crippen LogP contribution in [0.4, 0.5) is 52.7 Å². The first-order valence-corrected chi connectivity index (χ1v) is 15.0. The number of likely N-dealkylation sites (tertiary alicyclic amines) is 1. The van der Waals surface area contributed by atoms with Crippen molar-refractivity contribution >= 4 is 28.9 Å². The number of H-pyrrole nitrogens is 1. The predicted octanol–water partition coefficient (Wildman–Crippen LogP) is 6.14. The first-order chi connectivity index (χ1) is 25.8. The van der Waals surface area contributed by atoms with Gasteiger partial charge in [-0.05, 0) is 18.9 Å². The van der Waals surface area contributed by atoms with E-state index in [1.54, 1.807) is 10.9 Å². The van der Waals surface area contributed by atoms with Crippen LogP contribution in [0.3, 0.4) is 0 Å². The van der Waals surface area contributed by atoms with E-state index in [4.69, 9.17) is 34.4 Å². The van der Waals surface area contributed by atoms with Crippen LogP contribution in [0.15, 0.2) is 43.1 Å². The van der Waals surface area contributed by atoms with Crippen molar-refractivity contribution in [3.8, 4) is 23.1 Å².